The van der Waals surface area contributed by atoms with Crippen LogP contribution in [0.1, 0.15) is 12.2 Å². The van der Waals surface area contributed by atoms with Gasteiger partial charge in [0.2, 0.25) is 0 Å². The number of hydrogen-bond donors (Lipinski definition) is 2. The summed E-state index contributed by atoms with van der Waals surface area (Å²) in [6, 6.07) is 1.96. The highest BCUT2D eigenvalue weighted by Crippen LogP contribution is 2.11. The lowest BCUT2D eigenvalue weighted by Gasteiger charge is -2.26. The number of rotatable bonds is 9. The molecule has 0 radical (unpaired) electrons. The molecule has 0 saturated carbocycles. The van der Waals surface area contributed by atoms with Crippen LogP contribution < -0.4 is 10.6 Å². The lowest BCUT2D eigenvalue weighted by Crippen LogP contribution is -2.39. The molecular formula is C15H27N5O2. The van der Waals surface area contributed by atoms with Crippen molar-refractivity contribution in [3.8, 4) is 0 Å². The van der Waals surface area contributed by atoms with Gasteiger partial charge in [-0.3, -0.25) is 4.90 Å². The van der Waals surface area contributed by atoms with Crippen LogP contribution in [0.3, 0.4) is 0 Å². The maximum Gasteiger partial charge on any atom is 0.131 e. The van der Waals surface area contributed by atoms with Crippen molar-refractivity contribution in [3.05, 3.63) is 11.9 Å². The highest BCUT2D eigenvalue weighted by Gasteiger charge is 2.09. The van der Waals surface area contributed by atoms with Gasteiger partial charge in [-0.05, 0) is 13.3 Å². The molecule has 2 N–H and O–H groups in total. The van der Waals surface area contributed by atoms with Gasteiger partial charge in [-0.25, -0.2) is 9.97 Å². The second-order valence-electron chi connectivity index (χ2n) is 5.34. The average Bonchev–Trinajstić information content (AvgIpc) is 2.52. The summed E-state index contributed by atoms with van der Waals surface area (Å²) in [5, 5.41) is 6.68. The largest absolute Gasteiger partial charge is 0.385 e. The summed E-state index contributed by atoms with van der Waals surface area (Å²) in [5.74, 6) is 2.50. The molecule has 22 heavy (non-hydrogen) atoms. The van der Waals surface area contributed by atoms with E-state index in [9.17, 15) is 0 Å². The molecular weight excluding hydrogens is 282 g/mol. The molecule has 1 aliphatic heterocycles. The lowest BCUT2D eigenvalue weighted by molar-refractivity contribution is 0.0398. The molecule has 2 rings (SSSR count). The molecule has 1 aromatic rings. The zero-order valence-corrected chi connectivity index (χ0v) is 13.6. The molecule has 1 fully saturated rings. The van der Waals surface area contributed by atoms with Crippen molar-refractivity contribution in [3.63, 3.8) is 0 Å². The number of methoxy groups -OCH3 is 1. The van der Waals surface area contributed by atoms with Crippen molar-refractivity contribution in [2.45, 2.75) is 13.3 Å². The standard InChI is InChI=1S/C15H27N5O2/c1-13-18-14(16-4-3-9-21-2)12-15(19-13)17-5-6-20-7-10-22-11-8-20/h12H,3-11H2,1-2H3,(H2,16,17,18,19). The minimum absolute atomic E-state index is 0.752. The molecule has 7 heteroatoms. The fourth-order valence-electron chi connectivity index (χ4n) is 2.35. The predicted octanol–water partition coefficient (Wildman–Crippen LogP) is 0.978. The maximum absolute atomic E-state index is 5.35. The number of nitrogens with zero attached hydrogens (tertiary/aromatic N) is 3. The molecule has 7 nitrogen and oxygen atoms in total. The molecule has 0 amide bonds. The van der Waals surface area contributed by atoms with Crippen LogP contribution in [0.25, 0.3) is 0 Å². The summed E-state index contributed by atoms with van der Waals surface area (Å²) < 4.78 is 10.4. The van der Waals surface area contributed by atoms with Gasteiger partial charge >= 0.3 is 0 Å². The van der Waals surface area contributed by atoms with Crippen molar-refractivity contribution < 1.29 is 9.47 Å². The van der Waals surface area contributed by atoms with E-state index in [0.29, 0.717) is 0 Å². The number of nitrogens with one attached hydrogen (secondary N) is 2. The van der Waals surface area contributed by atoms with Crippen LogP contribution in [-0.2, 0) is 9.47 Å². The fraction of sp³-hybridized carbons (Fsp3) is 0.733. The summed E-state index contributed by atoms with van der Waals surface area (Å²) in [5.41, 5.74) is 0. The van der Waals surface area contributed by atoms with Gasteiger partial charge < -0.3 is 20.1 Å². The number of anilines is 2. The summed E-state index contributed by atoms with van der Waals surface area (Å²) in [6.45, 7) is 9.08. The molecule has 0 spiro atoms. The predicted molar refractivity (Wildman–Crippen MR) is 87.5 cm³/mol. The number of aryl methyl sites for hydroxylation is 1. The van der Waals surface area contributed by atoms with Gasteiger partial charge in [0.05, 0.1) is 13.2 Å². The van der Waals surface area contributed by atoms with Crippen molar-refractivity contribution in [1.29, 1.82) is 0 Å². The molecule has 0 aliphatic carbocycles. The number of hydrogen-bond acceptors (Lipinski definition) is 7. The maximum atomic E-state index is 5.35. The van der Waals surface area contributed by atoms with Crippen LogP contribution in [0, 0.1) is 6.92 Å². The molecule has 0 unspecified atom stereocenters. The monoisotopic (exact) mass is 309 g/mol. The van der Waals surface area contributed by atoms with Crippen LogP contribution in [-0.4, -0.2) is 74.5 Å². The highest BCUT2D eigenvalue weighted by molar-refractivity contribution is 5.47. The van der Waals surface area contributed by atoms with E-state index in [2.05, 4.69) is 25.5 Å². The van der Waals surface area contributed by atoms with Crippen LogP contribution in [0.5, 0.6) is 0 Å². The molecule has 2 heterocycles. The van der Waals surface area contributed by atoms with E-state index in [1.807, 2.05) is 13.0 Å². The number of aromatic nitrogens is 2. The Morgan fingerprint density at radius 2 is 1.86 bits per heavy atom. The minimum Gasteiger partial charge on any atom is -0.385 e. The highest BCUT2D eigenvalue weighted by atomic mass is 16.5. The first-order chi connectivity index (χ1) is 10.8. The van der Waals surface area contributed by atoms with Gasteiger partial charge in [-0.1, -0.05) is 0 Å². The second kappa shape index (κ2) is 9.55. The third kappa shape index (κ3) is 6.13. The second-order valence-corrected chi connectivity index (χ2v) is 5.34. The Kier molecular flexibility index (Phi) is 7.35. The van der Waals surface area contributed by atoms with Gasteiger partial charge in [-0.15, -0.1) is 0 Å². The summed E-state index contributed by atoms with van der Waals surface area (Å²) in [4.78, 5) is 11.2. The van der Waals surface area contributed by atoms with E-state index in [1.54, 1.807) is 7.11 Å². The Bertz CT molecular complexity index is 438. The third-order valence-electron chi connectivity index (χ3n) is 3.51. The van der Waals surface area contributed by atoms with E-state index < -0.39 is 0 Å². The van der Waals surface area contributed by atoms with Crippen LogP contribution in [0.2, 0.25) is 0 Å². The first kappa shape index (κ1) is 16.9. The minimum atomic E-state index is 0.752. The van der Waals surface area contributed by atoms with Gasteiger partial charge in [0.25, 0.3) is 0 Å². The topological polar surface area (TPSA) is 71.5 Å². The Labute approximate surface area is 132 Å². The summed E-state index contributed by atoms with van der Waals surface area (Å²) in [6.07, 6.45) is 0.958. The molecule has 1 saturated heterocycles. The molecule has 124 valence electrons. The summed E-state index contributed by atoms with van der Waals surface area (Å²) in [7, 11) is 1.71. The van der Waals surface area contributed by atoms with Gasteiger partial charge in [0.15, 0.2) is 0 Å². The smallest absolute Gasteiger partial charge is 0.131 e. The Morgan fingerprint density at radius 1 is 1.18 bits per heavy atom. The number of morpholine rings is 1. The van der Waals surface area contributed by atoms with Crippen molar-refractivity contribution in [2.75, 3.05) is 70.3 Å². The lowest BCUT2D eigenvalue weighted by atomic mass is 10.4. The summed E-state index contributed by atoms with van der Waals surface area (Å²) >= 11 is 0. The van der Waals surface area contributed by atoms with E-state index in [-0.39, 0.29) is 0 Å². The number of ether oxygens (including phenoxy) is 2. The average molecular weight is 309 g/mol. The zero-order chi connectivity index (χ0) is 15.6. The Hall–Kier alpha value is -1.44. The third-order valence-corrected chi connectivity index (χ3v) is 3.51. The van der Waals surface area contributed by atoms with Crippen molar-refractivity contribution in [1.82, 2.24) is 14.9 Å². The van der Waals surface area contributed by atoms with Crippen LogP contribution in [0.15, 0.2) is 6.07 Å². The molecule has 1 aliphatic rings. The SMILES string of the molecule is COCCCNc1cc(NCCN2CCOCC2)nc(C)n1. The normalized spacial score (nSPS) is 15.7. The van der Waals surface area contributed by atoms with Crippen molar-refractivity contribution in [2.24, 2.45) is 0 Å². The van der Waals surface area contributed by atoms with Gasteiger partial charge in [0, 0.05) is 52.5 Å². The van der Waals surface area contributed by atoms with Gasteiger partial charge in [0.1, 0.15) is 17.5 Å². The first-order valence-corrected chi connectivity index (χ1v) is 7.90. The van der Waals surface area contributed by atoms with Gasteiger partial charge in [-0.2, -0.15) is 0 Å². The van der Waals surface area contributed by atoms with E-state index in [4.69, 9.17) is 9.47 Å². The molecule has 0 atom stereocenters. The van der Waals surface area contributed by atoms with Crippen molar-refractivity contribution >= 4 is 11.6 Å². The quantitative estimate of drug-likeness (QED) is 0.659. The van der Waals surface area contributed by atoms with E-state index in [1.165, 1.54) is 0 Å². The van der Waals surface area contributed by atoms with Crippen LogP contribution >= 0.6 is 0 Å². The van der Waals surface area contributed by atoms with E-state index >= 15 is 0 Å². The first-order valence-electron chi connectivity index (χ1n) is 7.90. The molecule has 1 aromatic heterocycles. The Balaban J connectivity index is 1.75. The molecule has 0 aromatic carbocycles. The van der Waals surface area contributed by atoms with Crippen LogP contribution in [0.4, 0.5) is 11.6 Å². The zero-order valence-electron chi connectivity index (χ0n) is 13.6. The fourth-order valence-corrected chi connectivity index (χ4v) is 2.35. The Morgan fingerprint density at radius 3 is 2.55 bits per heavy atom. The van der Waals surface area contributed by atoms with E-state index in [0.717, 1.165) is 76.4 Å². The molecule has 0 bridgehead atoms.